The Labute approximate surface area is 140 Å². The average Bonchev–Trinajstić information content (AvgIpc) is 3.03. The summed E-state index contributed by atoms with van der Waals surface area (Å²) in [6, 6.07) is 0.329. The van der Waals surface area contributed by atoms with Gasteiger partial charge in [0.1, 0.15) is 5.54 Å². The van der Waals surface area contributed by atoms with Gasteiger partial charge in [-0.3, -0.25) is 4.79 Å². The Morgan fingerprint density at radius 3 is 2.78 bits per heavy atom. The zero-order valence-corrected chi connectivity index (χ0v) is 14.4. The van der Waals surface area contributed by atoms with Crippen molar-refractivity contribution in [2.45, 2.75) is 68.8 Å². The van der Waals surface area contributed by atoms with Crippen LogP contribution in [0.15, 0.2) is 0 Å². The van der Waals surface area contributed by atoms with Crippen molar-refractivity contribution in [2.24, 2.45) is 0 Å². The number of aliphatic carboxylic acids is 1. The van der Waals surface area contributed by atoms with E-state index in [1.54, 1.807) is 6.92 Å². The summed E-state index contributed by atoms with van der Waals surface area (Å²) < 4.78 is 0. The number of carboxylic acids is 1. The molecule has 1 unspecified atom stereocenters. The number of hydrogen-bond donors (Lipinski definition) is 4. The summed E-state index contributed by atoms with van der Waals surface area (Å²) in [4.78, 5) is 34.4. The molecule has 4 N–H and O–H groups in total. The number of thioether (sulfide) groups is 1. The zero-order valence-electron chi connectivity index (χ0n) is 13.6. The van der Waals surface area contributed by atoms with Crippen LogP contribution in [0.1, 0.15) is 46.0 Å². The molecule has 0 aromatic heterocycles. The molecular formula is C15H25N3O4S. The molecule has 0 bridgehead atoms. The molecule has 0 aromatic rings. The van der Waals surface area contributed by atoms with Gasteiger partial charge in [0.05, 0.1) is 12.1 Å². The maximum atomic E-state index is 11.9. The summed E-state index contributed by atoms with van der Waals surface area (Å²) in [5, 5.41) is 18.0. The molecule has 0 radical (unpaired) electrons. The van der Waals surface area contributed by atoms with Gasteiger partial charge in [0.25, 0.3) is 0 Å². The third-order valence-electron chi connectivity index (χ3n) is 4.68. The maximum Gasteiger partial charge on any atom is 0.329 e. The highest BCUT2D eigenvalue weighted by atomic mass is 32.2. The van der Waals surface area contributed by atoms with E-state index in [9.17, 15) is 14.4 Å². The average molecular weight is 343 g/mol. The summed E-state index contributed by atoms with van der Waals surface area (Å²) in [6.45, 7) is 3.27. The van der Waals surface area contributed by atoms with Crippen LogP contribution in [0.2, 0.25) is 0 Å². The van der Waals surface area contributed by atoms with Gasteiger partial charge < -0.3 is 21.1 Å². The second kappa shape index (κ2) is 7.42. The summed E-state index contributed by atoms with van der Waals surface area (Å²) in [7, 11) is 0. The normalized spacial score (nSPS) is 28.4. The van der Waals surface area contributed by atoms with Gasteiger partial charge in [0, 0.05) is 17.4 Å². The van der Waals surface area contributed by atoms with Crippen LogP contribution in [-0.2, 0) is 9.59 Å². The van der Waals surface area contributed by atoms with Crippen molar-refractivity contribution in [1.82, 2.24) is 16.0 Å². The summed E-state index contributed by atoms with van der Waals surface area (Å²) in [5.41, 5.74) is -1.19. The van der Waals surface area contributed by atoms with Crippen molar-refractivity contribution in [2.75, 3.05) is 5.75 Å². The Balaban J connectivity index is 1.66. The van der Waals surface area contributed by atoms with Gasteiger partial charge in [-0.1, -0.05) is 13.3 Å². The first-order valence-electron chi connectivity index (χ1n) is 8.09. The lowest BCUT2D eigenvalue weighted by Gasteiger charge is -2.24. The number of hydrogen-bond acceptors (Lipinski definition) is 4. The molecule has 23 heavy (non-hydrogen) atoms. The molecule has 3 amide bonds. The van der Waals surface area contributed by atoms with Crippen LogP contribution in [0.3, 0.4) is 0 Å². The minimum atomic E-state index is -1.19. The predicted molar refractivity (Wildman–Crippen MR) is 88.4 cm³/mol. The van der Waals surface area contributed by atoms with E-state index in [1.807, 2.05) is 11.8 Å². The van der Waals surface area contributed by atoms with E-state index < -0.39 is 11.5 Å². The van der Waals surface area contributed by atoms with E-state index in [2.05, 4.69) is 16.0 Å². The third-order valence-corrected chi connectivity index (χ3v) is 6.18. The summed E-state index contributed by atoms with van der Waals surface area (Å²) in [6.07, 6.45) is 3.24. The fourth-order valence-electron chi connectivity index (χ4n) is 2.94. The van der Waals surface area contributed by atoms with Gasteiger partial charge in [-0.2, -0.15) is 11.8 Å². The van der Waals surface area contributed by atoms with Crippen LogP contribution in [0.25, 0.3) is 0 Å². The van der Waals surface area contributed by atoms with Crippen molar-refractivity contribution in [3.63, 3.8) is 0 Å². The smallest absolute Gasteiger partial charge is 0.329 e. The Bertz CT molecular complexity index is 487. The SMILES string of the molecule is CCC(C)(NC(=O)CCCC[C@@H]1SC[C@@H]2NC(=O)N[C@@H]21)C(=O)O. The lowest BCUT2D eigenvalue weighted by Crippen LogP contribution is -2.51. The van der Waals surface area contributed by atoms with Crippen LogP contribution in [0.5, 0.6) is 0 Å². The Morgan fingerprint density at radius 2 is 2.13 bits per heavy atom. The fourth-order valence-corrected chi connectivity index (χ4v) is 4.48. The van der Waals surface area contributed by atoms with Gasteiger partial charge in [-0.05, 0) is 26.2 Å². The summed E-state index contributed by atoms with van der Waals surface area (Å²) in [5.74, 6) is -0.294. The molecule has 2 fully saturated rings. The minimum Gasteiger partial charge on any atom is -0.480 e. The molecule has 2 aliphatic rings. The van der Waals surface area contributed by atoms with E-state index >= 15 is 0 Å². The van der Waals surface area contributed by atoms with Crippen molar-refractivity contribution < 1.29 is 19.5 Å². The quantitative estimate of drug-likeness (QED) is 0.390. The highest BCUT2D eigenvalue weighted by Gasteiger charge is 2.42. The molecule has 4 atom stereocenters. The summed E-state index contributed by atoms with van der Waals surface area (Å²) >= 11 is 1.86. The standard InChI is InChI=1S/C15H25N3O4S/c1-3-15(2,13(20)21)18-11(19)7-5-4-6-10-12-9(8-23-10)16-14(22)17-12/h9-10,12H,3-8H2,1-2H3,(H,18,19)(H,20,21)(H2,16,17,22)/t9-,10-,12-,15?/m0/s1. The van der Waals surface area contributed by atoms with Crippen LogP contribution in [0, 0.1) is 0 Å². The van der Waals surface area contributed by atoms with E-state index in [-0.39, 0.29) is 24.0 Å². The largest absolute Gasteiger partial charge is 0.480 e. The second-order valence-corrected chi connectivity index (χ2v) is 7.68. The molecule has 7 nitrogen and oxygen atoms in total. The Kier molecular flexibility index (Phi) is 5.78. The number of urea groups is 1. The van der Waals surface area contributed by atoms with Crippen LogP contribution in [-0.4, -0.2) is 51.6 Å². The maximum absolute atomic E-state index is 11.9. The van der Waals surface area contributed by atoms with Crippen molar-refractivity contribution >= 4 is 29.7 Å². The molecule has 0 aliphatic carbocycles. The highest BCUT2D eigenvalue weighted by molar-refractivity contribution is 8.00. The number of unbranched alkanes of at least 4 members (excludes halogenated alkanes) is 1. The third kappa shape index (κ3) is 4.31. The highest BCUT2D eigenvalue weighted by Crippen LogP contribution is 2.33. The second-order valence-electron chi connectivity index (χ2n) is 6.41. The lowest BCUT2D eigenvalue weighted by molar-refractivity contribution is -0.147. The van der Waals surface area contributed by atoms with Crippen LogP contribution < -0.4 is 16.0 Å². The van der Waals surface area contributed by atoms with Gasteiger partial charge in [0.15, 0.2) is 0 Å². The van der Waals surface area contributed by atoms with Crippen LogP contribution >= 0.6 is 11.8 Å². The van der Waals surface area contributed by atoms with Crippen LogP contribution in [0.4, 0.5) is 4.79 Å². The van der Waals surface area contributed by atoms with E-state index in [4.69, 9.17) is 5.11 Å². The molecule has 2 rings (SSSR count). The predicted octanol–water partition coefficient (Wildman–Crippen LogP) is 1.08. The molecule has 0 saturated carbocycles. The van der Waals surface area contributed by atoms with E-state index in [0.717, 1.165) is 25.0 Å². The van der Waals surface area contributed by atoms with Crippen molar-refractivity contribution in [3.05, 3.63) is 0 Å². The van der Waals surface area contributed by atoms with Gasteiger partial charge in [-0.15, -0.1) is 0 Å². The molecule has 0 aromatic carbocycles. The Hall–Kier alpha value is -1.44. The van der Waals surface area contributed by atoms with Crippen molar-refractivity contribution in [1.29, 1.82) is 0 Å². The molecule has 130 valence electrons. The molecule has 2 aliphatic heterocycles. The lowest BCUT2D eigenvalue weighted by atomic mass is 9.98. The minimum absolute atomic E-state index is 0.0859. The number of carbonyl (C=O) groups excluding carboxylic acids is 2. The molecule has 0 spiro atoms. The zero-order chi connectivity index (χ0) is 17.0. The first-order valence-corrected chi connectivity index (χ1v) is 9.13. The number of carbonyl (C=O) groups is 3. The Morgan fingerprint density at radius 1 is 1.39 bits per heavy atom. The van der Waals surface area contributed by atoms with E-state index in [0.29, 0.717) is 18.1 Å². The van der Waals surface area contributed by atoms with Crippen molar-refractivity contribution in [3.8, 4) is 0 Å². The molecule has 2 saturated heterocycles. The first-order chi connectivity index (χ1) is 10.9. The van der Waals surface area contributed by atoms with Gasteiger partial charge in [0.2, 0.25) is 5.91 Å². The topological polar surface area (TPSA) is 108 Å². The van der Waals surface area contributed by atoms with Gasteiger partial charge >= 0.3 is 12.0 Å². The number of carboxylic acid groups (broad SMARTS) is 1. The molecule has 2 heterocycles. The molecular weight excluding hydrogens is 318 g/mol. The first kappa shape index (κ1) is 17.9. The molecule has 8 heteroatoms. The monoisotopic (exact) mass is 343 g/mol. The number of rotatable bonds is 8. The van der Waals surface area contributed by atoms with Gasteiger partial charge in [-0.25, -0.2) is 9.59 Å². The fraction of sp³-hybridized carbons (Fsp3) is 0.800. The van der Waals surface area contributed by atoms with E-state index in [1.165, 1.54) is 6.92 Å². The number of fused-ring (bicyclic) bond motifs is 1. The number of nitrogens with one attached hydrogen (secondary N) is 3. The number of amides is 3.